The lowest BCUT2D eigenvalue weighted by Gasteiger charge is -2.10. The van der Waals surface area contributed by atoms with Crippen LogP contribution in [0, 0.1) is 0 Å². The van der Waals surface area contributed by atoms with Gasteiger partial charge in [-0.1, -0.05) is 18.2 Å². The zero-order chi connectivity index (χ0) is 18.8. The SMILES string of the molecule is Cn1cc(Nc2ncc(C(N)=O)c(NCc3c[nH]c4ccccc34)n2)cn1. The molecule has 3 aromatic heterocycles. The van der Waals surface area contributed by atoms with E-state index >= 15 is 0 Å². The summed E-state index contributed by atoms with van der Waals surface area (Å²) in [7, 11) is 1.82. The van der Waals surface area contributed by atoms with E-state index in [1.807, 2.05) is 37.5 Å². The highest BCUT2D eigenvalue weighted by atomic mass is 16.1. The molecule has 0 bridgehead atoms. The van der Waals surface area contributed by atoms with Gasteiger partial charge in [-0.2, -0.15) is 10.1 Å². The fourth-order valence-electron chi connectivity index (χ4n) is 2.83. The minimum atomic E-state index is -0.593. The summed E-state index contributed by atoms with van der Waals surface area (Å²) < 4.78 is 1.66. The number of amides is 1. The highest BCUT2D eigenvalue weighted by Gasteiger charge is 2.13. The minimum absolute atomic E-state index is 0.228. The molecule has 1 amide bonds. The van der Waals surface area contributed by atoms with E-state index in [0.717, 1.165) is 22.2 Å². The van der Waals surface area contributed by atoms with Crippen molar-refractivity contribution >= 4 is 34.3 Å². The number of fused-ring (bicyclic) bond motifs is 1. The Morgan fingerprint density at radius 1 is 1.30 bits per heavy atom. The molecular formula is C18H18N8O. The van der Waals surface area contributed by atoms with Crippen molar-refractivity contribution in [2.45, 2.75) is 6.54 Å². The Kier molecular flexibility index (Phi) is 4.17. The summed E-state index contributed by atoms with van der Waals surface area (Å²) in [6.07, 6.45) is 6.79. The number of aromatic amines is 1. The van der Waals surface area contributed by atoms with Crippen molar-refractivity contribution in [1.29, 1.82) is 0 Å². The molecule has 3 heterocycles. The average molecular weight is 362 g/mol. The first-order valence-corrected chi connectivity index (χ1v) is 8.31. The van der Waals surface area contributed by atoms with Crippen LogP contribution in [0.15, 0.2) is 49.1 Å². The predicted octanol–water partition coefficient (Wildman–Crippen LogP) is 2.15. The largest absolute Gasteiger partial charge is 0.365 e. The van der Waals surface area contributed by atoms with E-state index in [1.54, 1.807) is 17.1 Å². The molecule has 5 N–H and O–H groups in total. The van der Waals surface area contributed by atoms with Crippen LogP contribution in [0.4, 0.5) is 17.5 Å². The number of hydrogen-bond acceptors (Lipinski definition) is 6. The molecule has 4 rings (SSSR count). The number of rotatable bonds is 6. The van der Waals surface area contributed by atoms with Crippen LogP contribution in [0.2, 0.25) is 0 Å². The number of primary amides is 1. The number of nitrogens with two attached hydrogens (primary N) is 1. The summed E-state index contributed by atoms with van der Waals surface area (Å²) in [5.41, 5.74) is 8.54. The Balaban J connectivity index is 1.59. The van der Waals surface area contributed by atoms with E-state index in [1.165, 1.54) is 6.20 Å². The third-order valence-electron chi connectivity index (χ3n) is 4.14. The molecule has 0 radical (unpaired) electrons. The lowest BCUT2D eigenvalue weighted by molar-refractivity contribution is 0.100. The van der Waals surface area contributed by atoms with Crippen LogP contribution in [0.3, 0.4) is 0 Å². The van der Waals surface area contributed by atoms with Crippen LogP contribution in [0.5, 0.6) is 0 Å². The van der Waals surface area contributed by atoms with Crippen molar-refractivity contribution in [2.24, 2.45) is 12.8 Å². The van der Waals surface area contributed by atoms with Crippen LogP contribution in [-0.4, -0.2) is 30.6 Å². The third kappa shape index (κ3) is 3.43. The smallest absolute Gasteiger partial charge is 0.254 e. The minimum Gasteiger partial charge on any atom is -0.365 e. The number of nitrogens with zero attached hydrogens (tertiary/aromatic N) is 4. The number of anilines is 3. The van der Waals surface area contributed by atoms with Crippen molar-refractivity contribution < 1.29 is 4.79 Å². The summed E-state index contributed by atoms with van der Waals surface area (Å²) in [5, 5.41) is 11.4. The Bertz CT molecular complexity index is 1110. The maximum atomic E-state index is 11.7. The Hall–Kier alpha value is -3.88. The van der Waals surface area contributed by atoms with Gasteiger partial charge in [0.25, 0.3) is 5.91 Å². The molecule has 4 aromatic rings. The van der Waals surface area contributed by atoms with Crippen molar-refractivity contribution in [1.82, 2.24) is 24.7 Å². The maximum absolute atomic E-state index is 11.7. The van der Waals surface area contributed by atoms with Gasteiger partial charge in [0.15, 0.2) is 0 Å². The lowest BCUT2D eigenvalue weighted by atomic mass is 10.2. The van der Waals surface area contributed by atoms with Gasteiger partial charge in [-0.3, -0.25) is 9.48 Å². The molecule has 0 saturated heterocycles. The summed E-state index contributed by atoms with van der Waals surface area (Å²) >= 11 is 0. The summed E-state index contributed by atoms with van der Waals surface area (Å²) in [6, 6.07) is 8.00. The maximum Gasteiger partial charge on any atom is 0.254 e. The topological polar surface area (TPSA) is 127 Å². The number of H-pyrrole nitrogens is 1. The van der Waals surface area contributed by atoms with Gasteiger partial charge in [0.1, 0.15) is 5.82 Å². The normalized spacial score (nSPS) is 10.9. The summed E-state index contributed by atoms with van der Waals surface area (Å²) in [4.78, 5) is 23.5. The van der Waals surface area contributed by atoms with Gasteiger partial charge in [-0.05, 0) is 11.6 Å². The molecule has 9 heteroatoms. The van der Waals surface area contributed by atoms with Crippen molar-refractivity contribution in [3.8, 4) is 0 Å². The van der Waals surface area contributed by atoms with Gasteiger partial charge in [0.2, 0.25) is 5.95 Å². The Morgan fingerprint density at radius 3 is 2.93 bits per heavy atom. The molecule has 0 aliphatic rings. The average Bonchev–Trinajstić information content (AvgIpc) is 3.26. The molecule has 9 nitrogen and oxygen atoms in total. The Labute approximate surface area is 154 Å². The van der Waals surface area contributed by atoms with Crippen molar-refractivity contribution in [2.75, 3.05) is 10.6 Å². The van der Waals surface area contributed by atoms with E-state index in [9.17, 15) is 4.79 Å². The standard InChI is InChI=1S/C18H18N8O/c1-26-10-12(8-23-26)24-18-22-9-14(16(19)27)17(25-18)21-7-11-6-20-15-5-3-2-4-13(11)15/h2-6,8-10,20H,7H2,1H3,(H2,19,27)(H2,21,22,24,25). The number of carbonyl (C=O) groups is 1. The molecule has 0 aliphatic heterocycles. The highest BCUT2D eigenvalue weighted by molar-refractivity contribution is 5.97. The first-order valence-electron chi connectivity index (χ1n) is 8.31. The van der Waals surface area contributed by atoms with Crippen LogP contribution in [0.1, 0.15) is 15.9 Å². The zero-order valence-corrected chi connectivity index (χ0v) is 14.6. The number of para-hydroxylation sites is 1. The lowest BCUT2D eigenvalue weighted by Crippen LogP contribution is -2.17. The molecular weight excluding hydrogens is 344 g/mol. The second-order valence-corrected chi connectivity index (χ2v) is 6.06. The second-order valence-electron chi connectivity index (χ2n) is 6.06. The van der Waals surface area contributed by atoms with Gasteiger partial charge in [-0.15, -0.1) is 0 Å². The van der Waals surface area contributed by atoms with Crippen molar-refractivity contribution in [3.05, 3.63) is 60.2 Å². The molecule has 136 valence electrons. The van der Waals surface area contributed by atoms with E-state index in [0.29, 0.717) is 18.3 Å². The number of hydrogen-bond donors (Lipinski definition) is 4. The summed E-state index contributed by atoms with van der Waals surface area (Å²) in [5.74, 6) is 0.118. The van der Waals surface area contributed by atoms with E-state index in [-0.39, 0.29) is 5.56 Å². The fourth-order valence-corrected chi connectivity index (χ4v) is 2.83. The van der Waals surface area contributed by atoms with Gasteiger partial charge in [0, 0.05) is 43.1 Å². The number of nitrogens with one attached hydrogen (secondary N) is 3. The summed E-state index contributed by atoms with van der Waals surface area (Å²) in [6.45, 7) is 0.480. The second kappa shape index (κ2) is 6.79. The number of aromatic nitrogens is 5. The van der Waals surface area contributed by atoms with Crippen LogP contribution >= 0.6 is 0 Å². The van der Waals surface area contributed by atoms with Crippen LogP contribution in [-0.2, 0) is 13.6 Å². The number of carbonyl (C=O) groups excluding carboxylic acids is 1. The van der Waals surface area contributed by atoms with Gasteiger partial charge < -0.3 is 21.4 Å². The Morgan fingerprint density at radius 2 is 2.15 bits per heavy atom. The highest BCUT2D eigenvalue weighted by Crippen LogP contribution is 2.21. The number of aryl methyl sites for hydroxylation is 1. The van der Waals surface area contributed by atoms with Gasteiger partial charge in [-0.25, -0.2) is 4.98 Å². The molecule has 0 aliphatic carbocycles. The van der Waals surface area contributed by atoms with E-state index < -0.39 is 5.91 Å². The van der Waals surface area contributed by atoms with Crippen molar-refractivity contribution in [3.63, 3.8) is 0 Å². The van der Waals surface area contributed by atoms with Crippen LogP contribution < -0.4 is 16.4 Å². The van der Waals surface area contributed by atoms with Gasteiger partial charge in [0.05, 0.1) is 17.4 Å². The predicted molar refractivity (Wildman–Crippen MR) is 103 cm³/mol. The molecule has 0 saturated carbocycles. The number of benzene rings is 1. The molecule has 0 spiro atoms. The molecule has 0 fully saturated rings. The molecule has 1 aromatic carbocycles. The molecule has 0 atom stereocenters. The monoisotopic (exact) mass is 362 g/mol. The van der Waals surface area contributed by atoms with E-state index in [4.69, 9.17) is 5.73 Å². The van der Waals surface area contributed by atoms with Crippen LogP contribution in [0.25, 0.3) is 10.9 Å². The first-order chi connectivity index (χ1) is 13.1. The zero-order valence-electron chi connectivity index (χ0n) is 14.6. The van der Waals surface area contributed by atoms with E-state index in [2.05, 4.69) is 30.7 Å². The molecule has 0 unspecified atom stereocenters. The molecule has 27 heavy (non-hydrogen) atoms. The third-order valence-corrected chi connectivity index (χ3v) is 4.14. The quantitative estimate of drug-likeness (QED) is 0.416. The van der Waals surface area contributed by atoms with Gasteiger partial charge >= 0.3 is 0 Å². The fraction of sp³-hybridized carbons (Fsp3) is 0.111. The first kappa shape index (κ1) is 16.6.